The van der Waals surface area contributed by atoms with E-state index in [1.54, 1.807) is 12.1 Å². The Morgan fingerprint density at radius 1 is 1.12 bits per heavy atom. The Balaban J connectivity index is 0. The molecule has 2 fully saturated rings. The van der Waals surface area contributed by atoms with Crippen molar-refractivity contribution in [3.8, 4) is 0 Å². The number of aliphatic hydroxyl groups is 1. The Kier molecular flexibility index (Phi) is 19.4. The van der Waals surface area contributed by atoms with E-state index < -0.39 is 10.1 Å². The Morgan fingerprint density at radius 2 is 1.66 bits per heavy atom. The largest absolute Gasteiger partial charge is 0.502 e. The second-order valence-electron chi connectivity index (χ2n) is 6.36. The van der Waals surface area contributed by atoms with Gasteiger partial charge in [-0.1, -0.05) is 31.7 Å². The first-order valence-corrected chi connectivity index (χ1v) is 11.5. The van der Waals surface area contributed by atoms with E-state index in [0.29, 0.717) is 19.3 Å². The van der Waals surface area contributed by atoms with Gasteiger partial charge in [0.05, 0.1) is 44.2 Å². The molecule has 3 atom stereocenters. The van der Waals surface area contributed by atoms with E-state index in [4.69, 9.17) is 23.9 Å². The molecule has 0 saturated carbocycles. The molecule has 188 valence electrons. The average molecular weight is 481 g/mol. The normalized spacial score (nSPS) is 18.6. The highest BCUT2D eigenvalue weighted by Gasteiger charge is 2.23. The van der Waals surface area contributed by atoms with Gasteiger partial charge in [-0.25, -0.2) is 0 Å². The monoisotopic (exact) mass is 480 g/mol. The lowest BCUT2D eigenvalue weighted by molar-refractivity contribution is -0.129. The van der Waals surface area contributed by atoms with Crippen LogP contribution in [0.15, 0.2) is 42.0 Å². The van der Waals surface area contributed by atoms with Gasteiger partial charge >= 0.3 is 0 Å². The van der Waals surface area contributed by atoms with Crippen molar-refractivity contribution in [1.29, 1.82) is 0 Å². The molecule has 9 nitrogen and oxygen atoms in total. The topological polar surface area (TPSA) is 127 Å². The molecule has 3 rings (SSSR count). The molecule has 0 spiro atoms. The van der Waals surface area contributed by atoms with Gasteiger partial charge in [0.1, 0.15) is 12.2 Å². The molecule has 0 aromatic heterocycles. The Morgan fingerprint density at radius 3 is 1.94 bits per heavy atom. The number of aliphatic hydroxyl groups excluding tert-OH is 1. The summed E-state index contributed by atoms with van der Waals surface area (Å²) in [6.45, 7) is 14.8. The van der Waals surface area contributed by atoms with Crippen molar-refractivity contribution in [3.05, 3.63) is 42.7 Å². The molecule has 2 heterocycles. The highest BCUT2D eigenvalue weighted by atomic mass is 32.2. The molecule has 32 heavy (non-hydrogen) atoms. The van der Waals surface area contributed by atoms with Crippen molar-refractivity contribution in [2.45, 2.75) is 58.5 Å². The van der Waals surface area contributed by atoms with Gasteiger partial charge in [-0.3, -0.25) is 4.55 Å². The fourth-order valence-corrected chi connectivity index (χ4v) is 2.17. The van der Waals surface area contributed by atoms with Crippen molar-refractivity contribution >= 4 is 10.1 Å². The minimum atomic E-state index is -4.02. The predicted octanol–water partition coefficient (Wildman–Crippen LogP) is 3.21. The molecule has 0 amide bonds. The third-order valence-electron chi connectivity index (χ3n) is 3.53. The number of aryl methyl sites for hydroxylation is 1. The molecule has 3 unspecified atom stereocenters. The second-order valence-corrected chi connectivity index (χ2v) is 7.78. The average Bonchev–Trinajstić information content (AvgIpc) is 3.63. The maximum atomic E-state index is 10.5. The summed E-state index contributed by atoms with van der Waals surface area (Å²) in [4.78, 5) is -0.0666. The van der Waals surface area contributed by atoms with E-state index in [-0.39, 0.29) is 31.3 Å². The van der Waals surface area contributed by atoms with Gasteiger partial charge in [-0.15, -0.1) is 0 Å². The second kappa shape index (κ2) is 19.0. The zero-order chi connectivity index (χ0) is 23.7. The smallest absolute Gasteiger partial charge is 0.294 e. The Bertz CT molecular complexity index is 669. The van der Waals surface area contributed by atoms with E-state index in [1.807, 2.05) is 27.7 Å². The summed E-state index contributed by atoms with van der Waals surface area (Å²) in [5, 5.41) is 8.08. The fraction of sp³-hybridized carbons (Fsp3) is 0.636. The standard InChI is InChI=1S/C7H8O3S.C7H14O3.C4H8O.C3H6O2.CH4/c1-6-2-4-7(5-3-6)11(8,9)10;1-3-8-6(2)9-4-7-5-10-7;1-3-5-4-2;4-1-3-2-5-3;/h2-5H,1H3,(H,8,9,10);6-7H,3-5H2,1-2H3;3H,1,4H2,2H3;3-4H,1-2H2;1H4. The summed E-state index contributed by atoms with van der Waals surface area (Å²) in [7, 11) is -4.02. The summed E-state index contributed by atoms with van der Waals surface area (Å²) in [6.07, 6.45) is 1.87. The highest BCUT2D eigenvalue weighted by molar-refractivity contribution is 7.85. The first-order chi connectivity index (χ1) is 14.7. The summed E-state index contributed by atoms with van der Waals surface area (Å²) in [5.41, 5.74) is 0.956. The zero-order valence-electron chi connectivity index (χ0n) is 18.7. The van der Waals surface area contributed by atoms with Crippen LogP contribution < -0.4 is 0 Å². The maximum absolute atomic E-state index is 10.5. The number of rotatable bonds is 9. The lowest BCUT2D eigenvalue weighted by Crippen LogP contribution is -2.15. The van der Waals surface area contributed by atoms with Crippen LogP contribution in [0, 0.1) is 6.92 Å². The van der Waals surface area contributed by atoms with Crippen LogP contribution in [0.25, 0.3) is 0 Å². The van der Waals surface area contributed by atoms with Crippen molar-refractivity contribution < 1.29 is 41.8 Å². The number of epoxide rings is 2. The maximum Gasteiger partial charge on any atom is 0.294 e. The van der Waals surface area contributed by atoms with Crippen LogP contribution in [0.1, 0.15) is 33.8 Å². The van der Waals surface area contributed by atoms with Crippen LogP contribution in [0.5, 0.6) is 0 Å². The summed E-state index contributed by atoms with van der Waals surface area (Å²) < 4.78 is 54.1. The molecule has 1 aromatic carbocycles. The van der Waals surface area contributed by atoms with E-state index in [0.717, 1.165) is 25.4 Å². The molecule has 10 heteroatoms. The molecule has 2 saturated heterocycles. The first kappa shape index (κ1) is 32.6. The third kappa shape index (κ3) is 20.4. The van der Waals surface area contributed by atoms with Crippen LogP contribution in [-0.2, 0) is 33.8 Å². The molecule has 0 bridgehead atoms. The Labute approximate surface area is 193 Å². The third-order valence-corrected chi connectivity index (χ3v) is 4.40. The van der Waals surface area contributed by atoms with Crippen molar-refractivity contribution in [2.24, 2.45) is 0 Å². The van der Waals surface area contributed by atoms with E-state index in [2.05, 4.69) is 16.1 Å². The predicted molar refractivity (Wildman–Crippen MR) is 123 cm³/mol. The molecular weight excluding hydrogens is 440 g/mol. The van der Waals surface area contributed by atoms with E-state index >= 15 is 0 Å². The minimum absolute atomic E-state index is 0. The number of ether oxygens (including phenoxy) is 5. The minimum Gasteiger partial charge on any atom is -0.502 e. The molecular formula is C22H40O9S. The first-order valence-electron chi connectivity index (χ1n) is 10.0. The van der Waals surface area contributed by atoms with Crippen molar-refractivity contribution in [3.63, 3.8) is 0 Å². The number of hydrogen-bond acceptors (Lipinski definition) is 8. The van der Waals surface area contributed by atoms with Gasteiger partial charge in [0.2, 0.25) is 0 Å². The Hall–Kier alpha value is -1.53. The van der Waals surface area contributed by atoms with Gasteiger partial charge in [0, 0.05) is 6.61 Å². The number of benzene rings is 1. The molecule has 2 N–H and O–H groups in total. The highest BCUT2D eigenvalue weighted by Crippen LogP contribution is 2.10. The quantitative estimate of drug-likeness (QED) is 0.237. The van der Waals surface area contributed by atoms with Crippen molar-refractivity contribution in [2.75, 3.05) is 39.6 Å². The lowest BCUT2D eigenvalue weighted by atomic mass is 10.2. The van der Waals surface area contributed by atoms with Crippen LogP contribution in [0.2, 0.25) is 0 Å². The van der Waals surface area contributed by atoms with Crippen LogP contribution in [-0.4, -0.2) is 76.2 Å². The van der Waals surface area contributed by atoms with E-state index in [9.17, 15) is 8.42 Å². The van der Waals surface area contributed by atoms with Gasteiger partial charge in [-0.05, 0) is 39.8 Å². The molecule has 0 radical (unpaired) electrons. The zero-order valence-corrected chi connectivity index (χ0v) is 19.5. The molecule has 1 aromatic rings. The summed E-state index contributed by atoms with van der Waals surface area (Å²) >= 11 is 0. The summed E-state index contributed by atoms with van der Waals surface area (Å²) in [6, 6.07) is 5.99. The molecule has 2 aliphatic rings. The molecule has 0 aliphatic carbocycles. The van der Waals surface area contributed by atoms with Gasteiger partial charge < -0.3 is 28.8 Å². The van der Waals surface area contributed by atoms with Crippen molar-refractivity contribution in [1.82, 2.24) is 0 Å². The van der Waals surface area contributed by atoms with E-state index in [1.165, 1.54) is 18.4 Å². The van der Waals surface area contributed by atoms with Gasteiger partial charge in [-0.2, -0.15) is 8.42 Å². The SMILES string of the molecule is C.C=COCC.CCOC(C)OCC1CO1.Cc1ccc(S(=O)(=O)O)cc1.OCC1CO1. The summed E-state index contributed by atoms with van der Waals surface area (Å²) in [5.74, 6) is 0. The lowest BCUT2D eigenvalue weighted by Gasteiger charge is -2.10. The fourth-order valence-electron chi connectivity index (χ4n) is 1.69. The van der Waals surface area contributed by atoms with Gasteiger partial charge in [0.15, 0.2) is 6.29 Å². The van der Waals surface area contributed by atoms with Gasteiger partial charge in [0.25, 0.3) is 10.1 Å². The van der Waals surface area contributed by atoms with Crippen LogP contribution in [0.4, 0.5) is 0 Å². The van der Waals surface area contributed by atoms with Crippen LogP contribution in [0.3, 0.4) is 0 Å². The number of hydrogen-bond donors (Lipinski definition) is 2. The van der Waals surface area contributed by atoms with Crippen LogP contribution >= 0.6 is 0 Å². The molecule has 2 aliphatic heterocycles.